The van der Waals surface area contributed by atoms with Crippen LogP contribution in [0.4, 0.5) is 4.79 Å². The summed E-state index contributed by atoms with van der Waals surface area (Å²) >= 11 is 0. The molecule has 0 spiro atoms. The third-order valence-electron chi connectivity index (χ3n) is 14.5. The Hall–Kier alpha value is -5.46. The van der Waals surface area contributed by atoms with Crippen LogP contribution in [0.15, 0.2) is 30.3 Å². The second kappa shape index (κ2) is 36.7. The van der Waals surface area contributed by atoms with Crippen molar-refractivity contribution in [2.75, 3.05) is 74.9 Å². The molecule has 1 heterocycles. The van der Waals surface area contributed by atoms with Crippen LogP contribution in [0.1, 0.15) is 113 Å². The van der Waals surface area contributed by atoms with Gasteiger partial charge < -0.3 is 75.2 Å². The van der Waals surface area contributed by atoms with E-state index in [0.29, 0.717) is 32.2 Å². The molecule has 450 valence electrons. The Morgan fingerprint density at radius 1 is 0.785 bits per heavy atom. The van der Waals surface area contributed by atoms with Gasteiger partial charge in [-0.1, -0.05) is 92.1 Å². The van der Waals surface area contributed by atoms with Crippen LogP contribution < -0.4 is 31.9 Å². The van der Waals surface area contributed by atoms with Crippen molar-refractivity contribution in [3.8, 4) is 0 Å². The second-order valence-corrected chi connectivity index (χ2v) is 21.0. The number of likely N-dealkylation sites (N-methyl/N-ethyl adjacent to an activating group) is 2. The lowest BCUT2D eigenvalue weighted by atomic mass is 9.89. The highest BCUT2D eigenvalue weighted by Crippen LogP contribution is 2.30. The van der Waals surface area contributed by atoms with Crippen LogP contribution in [0.25, 0.3) is 0 Å². The molecule has 7 amide bonds. The van der Waals surface area contributed by atoms with E-state index in [1.165, 1.54) is 28.3 Å². The van der Waals surface area contributed by atoms with Gasteiger partial charge in [0.2, 0.25) is 35.4 Å². The Bertz CT molecular complexity index is 2030. The summed E-state index contributed by atoms with van der Waals surface area (Å²) in [5.74, 6) is -4.08. The fraction of sp³-hybridized carbons (Fsp3) is 0.750. The molecule has 7 N–H and O–H groups in total. The fourth-order valence-corrected chi connectivity index (χ4v) is 9.61. The monoisotopic (exact) mass is 1120 g/mol. The summed E-state index contributed by atoms with van der Waals surface area (Å²) in [7, 11) is 7.79. The van der Waals surface area contributed by atoms with Crippen molar-refractivity contribution in [1.82, 2.24) is 41.7 Å². The number of alkyl carbamates (subject to hydrolysis) is 1. The molecule has 0 bridgehead atoms. The number of methoxy groups -OCH3 is 3. The quantitative estimate of drug-likeness (QED) is 0.0286. The van der Waals surface area contributed by atoms with Crippen molar-refractivity contribution < 1.29 is 71.9 Å². The van der Waals surface area contributed by atoms with Gasteiger partial charge in [-0.15, -0.1) is 0 Å². The Kier molecular flexibility index (Phi) is 32.4. The molecule has 1 fully saturated rings. The van der Waals surface area contributed by atoms with Gasteiger partial charge in [-0.2, -0.15) is 0 Å². The van der Waals surface area contributed by atoms with Gasteiger partial charge in [0.25, 0.3) is 0 Å². The number of hydrogen-bond donors (Lipinski definition) is 7. The number of nitrogens with one attached hydrogen (secondary N) is 6. The number of carbonyl (C=O) groups is 8. The maximum atomic E-state index is 14.5. The van der Waals surface area contributed by atoms with Crippen molar-refractivity contribution in [3.63, 3.8) is 0 Å². The Labute approximate surface area is 468 Å². The van der Waals surface area contributed by atoms with Gasteiger partial charge in [-0.3, -0.25) is 28.8 Å². The second-order valence-electron chi connectivity index (χ2n) is 21.0. The molecule has 23 nitrogen and oxygen atoms in total. The minimum Gasteiger partial charge on any atom is -0.464 e. The van der Waals surface area contributed by atoms with Crippen LogP contribution in [0.2, 0.25) is 0 Å². The summed E-state index contributed by atoms with van der Waals surface area (Å²) in [5, 5.41) is 26.0. The summed E-state index contributed by atoms with van der Waals surface area (Å²) in [5.41, 5.74) is 0.798. The number of hydrogen-bond acceptors (Lipinski definition) is 16. The predicted octanol–water partition coefficient (Wildman–Crippen LogP) is 2.45. The lowest BCUT2D eigenvalue weighted by Crippen LogP contribution is -2.59. The van der Waals surface area contributed by atoms with Gasteiger partial charge in [-0.05, 0) is 63.0 Å². The molecule has 0 aromatic heterocycles. The molecule has 0 radical (unpaired) electrons. The van der Waals surface area contributed by atoms with Crippen LogP contribution >= 0.6 is 0 Å². The molecule has 1 saturated heterocycles. The first kappa shape index (κ1) is 69.6. The standard InChI is InChI=1S/C56H96N8O15/c1-15-36(7)49(63(11)54(71)48(35(5)6)62-53(70)47(57-10)34(3)4)43(74-12)31-45(67)64-28-20-24-42(64)50(76-14)37(8)51(68)61-41(30-39-22-18-17-19-23-39)52(69)58-26-21-29-77-55(72)38(9)60-44(66)25-27-59-56(73)78-33-46(75-13)79-40(16-2)32-65/h17-19,22-23,34-38,40-43,46-50,57,65H,15-16,20-21,24-33H2,1-14H3,(H,58,69)(H,59,73)(H,60,66)(H,61,68)(H,62,70)/t36-,37+,38-,40?,41-,42-,43?,46?,47-,48-,49-,50+/m0/s1. The van der Waals surface area contributed by atoms with Crippen LogP contribution in [0.5, 0.6) is 0 Å². The van der Waals surface area contributed by atoms with E-state index in [4.69, 9.17) is 28.4 Å². The lowest BCUT2D eigenvalue weighted by Gasteiger charge is -2.41. The first-order valence-corrected chi connectivity index (χ1v) is 27.9. The van der Waals surface area contributed by atoms with Crippen molar-refractivity contribution in [3.05, 3.63) is 35.9 Å². The third-order valence-corrected chi connectivity index (χ3v) is 14.5. The molecule has 2 rings (SSSR count). The first-order chi connectivity index (χ1) is 37.5. The average molecular weight is 1120 g/mol. The lowest BCUT2D eigenvalue weighted by molar-refractivity contribution is -0.181. The number of esters is 1. The molecule has 23 heteroatoms. The van der Waals surface area contributed by atoms with Crippen LogP contribution in [0, 0.1) is 23.7 Å². The van der Waals surface area contributed by atoms with E-state index in [-0.39, 0.29) is 94.1 Å². The van der Waals surface area contributed by atoms with Crippen molar-refractivity contribution >= 4 is 47.5 Å². The summed E-state index contributed by atoms with van der Waals surface area (Å²) in [6, 6.07) is 4.86. The molecule has 0 saturated carbocycles. The zero-order valence-corrected chi connectivity index (χ0v) is 49.4. The number of ether oxygens (including phenoxy) is 6. The SMILES string of the molecule is CCC(CO)OC(COC(=O)NCCC(=O)N[C@@H](C)C(=O)OCCCNC(=O)[C@H](Cc1ccccc1)NC(=O)[C@H](C)[C@@H](OC)[C@@H]1CCCN1C(=O)CC(OC)[C@H]([C@@H](C)CC)N(C)C(=O)[C@@H](NC(=O)[C@@H](NC)C(C)C)C(C)C)OC. The number of amides is 7. The third kappa shape index (κ3) is 22.9. The van der Waals surface area contributed by atoms with Gasteiger partial charge in [0.05, 0.1) is 62.0 Å². The van der Waals surface area contributed by atoms with E-state index < -0.39 is 96.6 Å². The number of benzene rings is 1. The van der Waals surface area contributed by atoms with E-state index in [9.17, 15) is 43.5 Å². The Balaban J connectivity index is 2.06. The molecule has 0 aliphatic carbocycles. The van der Waals surface area contributed by atoms with Crippen molar-refractivity contribution in [2.45, 2.75) is 175 Å². The highest BCUT2D eigenvalue weighted by molar-refractivity contribution is 5.91. The summed E-state index contributed by atoms with van der Waals surface area (Å²) < 4.78 is 33.1. The van der Waals surface area contributed by atoms with E-state index in [1.54, 1.807) is 30.8 Å². The number of nitrogens with zero attached hydrogens (tertiary/aromatic N) is 2. The molecule has 79 heavy (non-hydrogen) atoms. The molecule has 1 aromatic carbocycles. The first-order valence-electron chi connectivity index (χ1n) is 27.9. The number of carbonyl (C=O) groups excluding carboxylic acids is 8. The van der Waals surface area contributed by atoms with Gasteiger partial charge in [-0.25, -0.2) is 9.59 Å². The smallest absolute Gasteiger partial charge is 0.407 e. The number of aliphatic hydroxyl groups excluding tert-OH is 1. The summed E-state index contributed by atoms with van der Waals surface area (Å²) in [6.45, 7) is 16.5. The molecule has 12 atom stereocenters. The van der Waals surface area contributed by atoms with E-state index in [0.717, 1.165) is 5.56 Å². The largest absolute Gasteiger partial charge is 0.464 e. The van der Waals surface area contributed by atoms with Crippen LogP contribution in [-0.4, -0.2) is 198 Å². The number of aliphatic hydroxyl groups is 1. The van der Waals surface area contributed by atoms with Gasteiger partial charge in [0, 0.05) is 60.9 Å². The number of likely N-dealkylation sites (tertiary alicyclic amines) is 1. The molecule has 1 aliphatic heterocycles. The zero-order valence-electron chi connectivity index (χ0n) is 49.4. The van der Waals surface area contributed by atoms with Crippen LogP contribution in [-0.2, 0) is 68.4 Å². The molecule has 1 aromatic rings. The zero-order chi connectivity index (χ0) is 59.4. The topological polar surface area (TPSA) is 291 Å². The van der Waals surface area contributed by atoms with Crippen LogP contribution in [0.3, 0.4) is 0 Å². The highest BCUT2D eigenvalue weighted by atomic mass is 16.7. The maximum absolute atomic E-state index is 14.5. The van der Waals surface area contributed by atoms with Gasteiger partial charge >= 0.3 is 12.1 Å². The fourth-order valence-electron chi connectivity index (χ4n) is 9.61. The molecule has 3 unspecified atom stereocenters. The number of rotatable bonds is 37. The summed E-state index contributed by atoms with van der Waals surface area (Å²) in [6.07, 6.45) is -1.03. The molecular weight excluding hydrogens is 1020 g/mol. The van der Waals surface area contributed by atoms with Crippen molar-refractivity contribution in [1.29, 1.82) is 0 Å². The van der Waals surface area contributed by atoms with E-state index in [1.807, 2.05) is 78.8 Å². The molecule has 1 aliphatic rings. The van der Waals surface area contributed by atoms with E-state index >= 15 is 0 Å². The molecular formula is C56H96N8O15. The Morgan fingerprint density at radius 3 is 2.03 bits per heavy atom. The highest BCUT2D eigenvalue weighted by Gasteiger charge is 2.43. The van der Waals surface area contributed by atoms with Crippen molar-refractivity contribution in [2.24, 2.45) is 23.7 Å². The van der Waals surface area contributed by atoms with Gasteiger partial charge in [0.1, 0.15) is 24.7 Å². The predicted molar refractivity (Wildman–Crippen MR) is 296 cm³/mol. The van der Waals surface area contributed by atoms with Gasteiger partial charge in [0.15, 0.2) is 6.29 Å². The average Bonchev–Trinajstić information content (AvgIpc) is 3.92. The maximum Gasteiger partial charge on any atom is 0.407 e. The van der Waals surface area contributed by atoms with E-state index in [2.05, 4.69) is 31.9 Å². The summed E-state index contributed by atoms with van der Waals surface area (Å²) in [4.78, 5) is 111. The Morgan fingerprint density at radius 2 is 1.46 bits per heavy atom. The minimum absolute atomic E-state index is 0.0100. The minimum atomic E-state index is -1.01. The normalized spacial score (nSPS) is 17.6.